The monoisotopic (exact) mass is 309 g/mol. The highest BCUT2D eigenvalue weighted by Gasteiger charge is 2.53. The van der Waals surface area contributed by atoms with E-state index >= 15 is 0 Å². The van der Waals surface area contributed by atoms with Crippen LogP contribution in [0.2, 0.25) is 0 Å². The van der Waals surface area contributed by atoms with Crippen LogP contribution in [0, 0.1) is 0 Å². The Hall–Kier alpha value is -1.36. The number of carbonyl (C=O) groups excluding carboxylic acids is 2. The number of fused-ring (bicyclic) bond motifs is 2. The van der Waals surface area contributed by atoms with Gasteiger partial charge >= 0.3 is 6.09 Å². The van der Waals surface area contributed by atoms with Crippen LogP contribution < -0.4 is 5.32 Å². The Morgan fingerprint density at radius 3 is 2.61 bits per heavy atom. The molecule has 18 heavy (non-hydrogen) atoms. The summed E-state index contributed by atoms with van der Waals surface area (Å²) in [6, 6.07) is 7.45. The standard InChI is InChI=1S/C13H12BrNO3/c14-7-11(16)8-1-3-9(4-2-8)13-5-10(6-13)18-12(17)15-13/h1-4,10H,5-7H2,(H,15,17). The summed E-state index contributed by atoms with van der Waals surface area (Å²) in [5, 5.41) is 3.21. The van der Waals surface area contributed by atoms with Crippen molar-refractivity contribution in [1.29, 1.82) is 0 Å². The number of hydrogen-bond acceptors (Lipinski definition) is 3. The highest BCUT2D eigenvalue weighted by Crippen LogP contribution is 2.46. The van der Waals surface area contributed by atoms with Gasteiger partial charge in [-0.2, -0.15) is 0 Å². The van der Waals surface area contributed by atoms with Crippen LogP contribution in [0.3, 0.4) is 0 Å². The minimum Gasteiger partial charge on any atom is -0.446 e. The molecule has 0 unspecified atom stereocenters. The molecule has 4 rings (SSSR count). The normalized spacial score (nSPS) is 28.9. The highest BCUT2D eigenvalue weighted by molar-refractivity contribution is 9.09. The van der Waals surface area contributed by atoms with Crippen molar-refractivity contribution in [3.05, 3.63) is 35.4 Å². The lowest BCUT2D eigenvalue weighted by atomic mass is 9.68. The summed E-state index contributed by atoms with van der Waals surface area (Å²) in [6.45, 7) is 0. The first-order chi connectivity index (χ1) is 8.63. The highest BCUT2D eigenvalue weighted by atomic mass is 79.9. The molecule has 2 heterocycles. The number of benzene rings is 1. The molecule has 1 saturated carbocycles. The van der Waals surface area contributed by atoms with Crippen molar-refractivity contribution in [2.75, 3.05) is 5.33 Å². The first-order valence-electron chi connectivity index (χ1n) is 5.81. The molecule has 0 aromatic heterocycles. The minimum atomic E-state index is -0.349. The molecule has 0 atom stereocenters. The fourth-order valence-corrected chi connectivity index (χ4v) is 2.96. The van der Waals surface area contributed by atoms with E-state index in [0.29, 0.717) is 10.9 Å². The second-order valence-corrected chi connectivity index (χ2v) is 5.34. The largest absolute Gasteiger partial charge is 0.446 e. The van der Waals surface area contributed by atoms with Crippen LogP contribution in [0.15, 0.2) is 24.3 Å². The lowest BCUT2D eigenvalue weighted by molar-refractivity contribution is -0.0588. The van der Waals surface area contributed by atoms with Gasteiger partial charge in [0, 0.05) is 18.4 Å². The van der Waals surface area contributed by atoms with Crippen LogP contribution in [-0.2, 0) is 10.3 Å². The van der Waals surface area contributed by atoms with E-state index in [9.17, 15) is 9.59 Å². The van der Waals surface area contributed by atoms with Crippen molar-refractivity contribution in [2.45, 2.75) is 24.5 Å². The Morgan fingerprint density at radius 2 is 2.06 bits per heavy atom. The Kier molecular flexibility index (Phi) is 2.66. The SMILES string of the molecule is O=C1NC2(c3ccc(C(=O)CBr)cc3)CC(C2)O1. The molecule has 94 valence electrons. The minimum absolute atomic E-state index is 0.0441. The second-order valence-electron chi connectivity index (χ2n) is 4.78. The molecule has 3 aliphatic rings. The third kappa shape index (κ3) is 1.73. The Balaban J connectivity index is 1.85. The maximum Gasteiger partial charge on any atom is 0.408 e. The molecule has 1 amide bonds. The first kappa shape index (κ1) is 11.7. The maximum absolute atomic E-state index is 11.5. The van der Waals surface area contributed by atoms with E-state index in [0.717, 1.165) is 18.4 Å². The zero-order valence-electron chi connectivity index (χ0n) is 9.61. The topological polar surface area (TPSA) is 55.4 Å². The number of carbonyl (C=O) groups is 2. The average Bonchev–Trinajstić information content (AvgIpc) is 2.36. The average molecular weight is 310 g/mol. The van der Waals surface area contributed by atoms with Gasteiger partial charge in [0.25, 0.3) is 0 Å². The number of alkyl halides is 1. The Bertz CT molecular complexity index is 505. The molecule has 1 aromatic carbocycles. The van der Waals surface area contributed by atoms with Gasteiger partial charge in [-0.25, -0.2) is 4.79 Å². The number of nitrogens with one attached hydrogen (secondary N) is 1. The van der Waals surface area contributed by atoms with Crippen LogP contribution in [0.1, 0.15) is 28.8 Å². The molecule has 5 heteroatoms. The number of rotatable bonds is 3. The van der Waals surface area contributed by atoms with Gasteiger partial charge in [-0.15, -0.1) is 0 Å². The summed E-state index contributed by atoms with van der Waals surface area (Å²) in [6.07, 6.45) is 1.32. The van der Waals surface area contributed by atoms with Gasteiger partial charge < -0.3 is 10.1 Å². The van der Waals surface area contributed by atoms with Crippen LogP contribution in [-0.4, -0.2) is 23.3 Å². The van der Waals surface area contributed by atoms with Crippen molar-refractivity contribution < 1.29 is 14.3 Å². The van der Waals surface area contributed by atoms with E-state index in [1.807, 2.05) is 24.3 Å². The molecule has 1 aromatic rings. The second kappa shape index (κ2) is 4.09. The maximum atomic E-state index is 11.5. The Morgan fingerprint density at radius 1 is 1.39 bits per heavy atom. The van der Waals surface area contributed by atoms with E-state index in [4.69, 9.17) is 4.74 Å². The molecule has 1 N–H and O–H groups in total. The zero-order valence-corrected chi connectivity index (χ0v) is 11.2. The van der Waals surface area contributed by atoms with Gasteiger partial charge in [-0.1, -0.05) is 40.2 Å². The Labute approximate surface area is 113 Å². The molecular formula is C13H12BrNO3. The van der Waals surface area contributed by atoms with Crippen LogP contribution in [0.5, 0.6) is 0 Å². The molecule has 3 fully saturated rings. The molecule has 0 radical (unpaired) electrons. The fraction of sp³-hybridized carbons (Fsp3) is 0.385. The number of halogens is 1. The van der Waals surface area contributed by atoms with Crippen molar-refractivity contribution in [3.63, 3.8) is 0 Å². The number of ether oxygens (including phenoxy) is 1. The van der Waals surface area contributed by atoms with Gasteiger partial charge in [-0.05, 0) is 5.56 Å². The summed E-state index contributed by atoms with van der Waals surface area (Å²) >= 11 is 3.15. The summed E-state index contributed by atoms with van der Waals surface area (Å²) in [4.78, 5) is 22.8. The summed E-state index contributed by atoms with van der Waals surface area (Å²) in [5.41, 5.74) is 1.44. The molecule has 0 spiro atoms. The van der Waals surface area contributed by atoms with E-state index in [-0.39, 0.29) is 23.5 Å². The number of hydrogen-bond donors (Lipinski definition) is 1. The summed E-state index contributed by atoms with van der Waals surface area (Å²) in [7, 11) is 0. The van der Waals surface area contributed by atoms with Gasteiger partial charge in [0.15, 0.2) is 5.78 Å². The number of Topliss-reactive ketones (excluding diaryl/α,β-unsaturated/α-hetero) is 1. The van der Waals surface area contributed by atoms with Crippen molar-refractivity contribution in [1.82, 2.24) is 5.32 Å². The molecule has 4 nitrogen and oxygen atoms in total. The predicted molar refractivity (Wildman–Crippen MR) is 68.9 cm³/mol. The number of ketones is 1. The lowest BCUT2D eigenvalue weighted by Crippen LogP contribution is -2.63. The third-order valence-corrected chi connectivity index (χ3v) is 4.16. The quantitative estimate of drug-likeness (QED) is 0.689. The van der Waals surface area contributed by atoms with Crippen LogP contribution in [0.25, 0.3) is 0 Å². The van der Waals surface area contributed by atoms with E-state index in [2.05, 4.69) is 21.2 Å². The van der Waals surface area contributed by atoms with E-state index < -0.39 is 0 Å². The van der Waals surface area contributed by atoms with Crippen molar-refractivity contribution >= 4 is 27.8 Å². The van der Waals surface area contributed by atoms with Gasteiger partial charge in [0.1, 0.15) is 6.10 Å². The third-order valence-electron chi connectivity index (χ3n) is 3.65. The van der Waals surface area contributed by atoms with Gasteiger partial charge in [0.05, 0.1) is 10.9 Å². The van der Waals surface area contributed by atoms with E-state index in [1.165, 1.54) is 0 Å². The fourth-order valence-electron chi connectivity index (χ4n) is 2.64. The van der Waals surface area contributed by atoms with Crippen molar-refractivity contribution in [3.8, 4) is 0 Å². The van der Waals surface area contributed by atoms with Gasteiger partial charge in [-0.3, -0.25) is 4.79 Å². The van der Waals surface area contributed by atoms with Crippen LogP contribution >= 0.6 is 15.9 Å². The van der Waals surface area contributed by atoms with E-state index in [1.54, 1.807) is 0 Å². The molecule has 1 aliphatic carbocycles. The predicted octanol–water partition coefficient (Wildman–Crippen LogP) is 2.36. The summed E-state index contributed by atoms with van der Waals surface area (Å²) in [5.74, 6) is 0.0570. The number of amides is 1. The molecule has 2 bridgehead atoms. The van der Waals surface area contributed by atoms with Crippen molar-refractivity contribution in [2.24, 2.45) is 0 Å². The lowest BCUT2D eigenvalue weighted by Gasteiger charge is -2.51. The molecule has 2 aliphatic heterocycles. The van der Waals surface area contributed by atoms with Crippen LogP contribution in [0.4, 0.5) is 4.79 Å². The molecule has 2 saturated heterocycles. The number of alkyl carbamates (subject to hydrolysis) is 1. The van der Waals surface area contributed by atoms with Gasteiger partial charge in [0.2, 0.25) is 0 Å². The smallest absolute Gasteiger partial charge is 0.408 e. The zero-order chi connectivity index (χ0) is 12.8. The summed E-state index contributed by atoms with van der Waals surface area (Å²) < 4.78 is 5.07. The first-order valence-corrected chi connectivity index (χ1v) is 6.94. The molecular weight excluding hydrogens is 298 g/mol.